The van der Waals surface area contributed by atoms with Crippen molar-refractivity contribution in [2.24, 2.45) is 0 Å². The number of benzene rings is 1. The number of rotatable bonds is 4. The highest BCUT2D eigenvalue weighted by atomic mass is 32.2. The summed E-state index contributed by atoms with van der Waals surface area (Å²) >= 11 is 1.74. The molecule has 2 N–H and O–H groups in total. The molecular weight excluding hydrogens is 236 g/mol. The lowest BCUT2D eigenvalue weighted by atomic mass is 10.2. The third-order valence-corrected chi connectivity index (χ3v) is 4.33. The van der Waals surface area contributed by atoms with E-state index in [1.54, 1.807) is 11.8 Å². The van der Waals surface area contributed by atoms with E-state index in [0.717, 1.165) is 0 Å². The van der Waals surface area contributed by atoms with Gasteiger partial charge in [0.15, 0.2) is 0 Å². The fraction of sp³-hybridized carbons (Fsp3) is 0.538. The van der Waals surface area contributed by atoms with Gasteiger partial charge in [-0.2, -0.15) is 11.8 Å². The Morgan fingerprint density at radius 3 is 2.65 bits per heavy atom. The van der Waals surface area contributed by atoms with Crippen molar-refractivity contribution < 1.29 is 14.9 Å². The zero-order valence-electron chi connectivity index (χ0n) is 9.82. The minimum Gasteiger partial charge on any atom is -0.388 e. The van der Waals surface area contributed by atoms with Crippen LogP contribution in [0.5, 0.6) is 0 Å². The van der Waals surface area contributed by atoms with Gasteiger partial charge in [0, 0.05) is 11.0 Å². The van der Waals surface area contributed by atoms with Crippen LogP contribution in [-0.2, 0) is 4.74 Å². The molecule has 4 heteroatoms. The van der Waals surface area contributed by atoms with Crippen LogP contribution in [0.4, 0.5) is 0 Å². The number of thioether (sulfide) groups is 1. The molecule has 0 saturated carbocycles. The first-order valence-electron chi connectivity index (χ1n) is 5.83. The van der Waals surface area contributed by atoms with E-state index in [1.807, 2.05) is 18.2 Å². The molecule has 0 radical (unpaired) electrons. The molecular formula is C13H18O3S. The molecule has 0 amide bonds. The molecule has 0 bridgehead atoms. The van der Waals surface area contributed by atoms with Crippen LogP contribution in [0, 0.1) is 0 Å². The van der Waals surface area contributed by atoms with Crippen molar-refractivity contribution in [3.63, 3.8) is 0 Å². The second-order valence-corrected chi connectivity index (χ2v) is 5.69. The molecule has 94 valence electrons. The molecule has 3 nitrogen and oxygen atoms in total. The number of ether oxygens (including phenoxy) is 1. The maximum Gasteiger partial charge on any atom is 0.109 e. The van der Waals surface area contributed by atoms with E-state index in [9.17, 15) is 10.2 Å². The Morgan fingerprint density at radius 1 is 1.35 bits per heavy atom. The normalized spacial score (nSPS) is 30.4. The zero-order chi connectivity index (χ0) is 12.3. The van der Waals surface area contributed by atoms with Gasteiger partial charge in [-0.3, -0.25) is 0 Å². The van der Waals surface area contributed by atoms with Crippen LogP contribution in [0.15, 0.2) is 30.3 Å². The third kappa shape index (κ3) is 3.22. The highest BCUT2D eigenvalue weighted by Crippen LogP contribution is 2.30. The Kier molecular flexibility index (Phi) is 4.45. The van der Waals surface area contributed by atoms with Crippen LogP contribution in [0.25, 0.3) is 0 Å². The molecule has 2 rings (SSSR count). The monoisotopic (exact) mass is 254 g/mol. The molecule has 1 aliphatic heterocycles. The summed E-state index contributed by atoms with van der Waals surface area (Å²) < 4.78 is 5.34. The molecule has 1 aliphatic rings. The number of aliphatic hydroxyl groups excluding tert-OH is 2. The zero-order valence-corrected chi connectivity index (χ0v) is 10.6. The average molecular weight is 254 g/mol. The van der Waals surface area contributed by atoms with E-state index < -0.39 is 12.2 Å². The third-order valence-electron chi connectivity index (χ3n) is 3.04. The minimum atomic E-state index is -0.745. The second-order valence-electron chi connectivity index (χ2n) is 4.32. The molecule has 0 aromatic heterocycles. The van der Waals surface area contributed by atoms with E-state index in [-0.39, 0.29) is 12.7 Å². The van der Waals surface area contributed by atoms with Gasteiger partial charge in [-0.05, 0) is 12.5 Å². The summed E-state index contributed by atoms with van der Waals surface area (Å²) in [6.07, 6.45) is -1.72. The predicted octanol–water partition coefficient (Wildman–Crippen LogP) is 1.60. The molecule has 4 atom stereocenters. The number of hydrogen-bond donors (Lipinski definition) is 2. The Morgan fingerprint density at radius 2 is 2.06 bits per heavy atom. The van der Waals surface area contributed by atoms with Crippen molar-refractivity contribution in [1.29, 1.82) is 0 Å². The van der Waals surface area contributed by atoms with Crippen molar-refractivity contribution in [2.75, 3.05) is 12.4 Å². The molecule has 1 saturated heterocycles. The van der Waals surface area contributed by atoms with Crippen molar-refractivity contribution >= 4 is 11.8 Å². The molecule has 17 heavy (non-hydrogen) atoms. The minimum absolute atomic E-state index is 0.242. The number of aliphatic hydroxyl groups is 2. The van der Waals surface area contributed by atoms with E-state index in [1.165, 1.54) is 5.56 Å². The van der Waals surface area contributed by atoms with Gasteiger partial charge in [0.2, 0.25) is 0 Å². The van der Waals surface area contributed by atoms with Crippen LogP contribution in [0.3, 0.4) is 0 Å². The highest BCUT2D eigenvalue weighted by Gasteiger charge is 2.34. The van der Waals surface area contributed by atoms with Gasteiger partial charge in [0.05, 0.1) is 12.7 Å². The van der Waals surface area contributed by atoms with Crippen molar-refractivity contribution in [3.8, 4) is 0 Å². The first-order chi connectivity index (χ1) is 8.18. The Bertz CT molecular complexity index is 344. The van der Waals surface area contributed by atoms with Gasteiger partial charge >= 0.3 is 0 Å². The molecule has 1 fully saturated rings. The van der Waals surface area contributed by atoms with Gasteiger partial charge in [0.1, 0.15) is 12.2 Å². The summed E-state index contributed by atoms with van der Waals surface area (Å²) in [5.41, 5.74) is 1.27. The van der Waals surface area contributed by atoms with Gasteiger partial charge in [0.25, 0.3) is 0 Å². The highest BCUT2D eigenvalue weighted by molar-refractivity contribution is 7.99. The second kappa shape index (κ2) is 5.87. The lowest BCUT2D eigenvalue weighted by Gasteiger charge is -2.17. The molecule has 1 aromatic carbocycles. The largest absolute Gasteiger partial charge is 0.388 e. The van der Waals surface area contributed by atoms with Gasteiger partial charge in [-0.15, -0.1) is 0 Å². The van der Waals surface area contributed by atoms with Gasteiger partial charge < -0.3 is 14.9 Å². The molecule has 0 aliphatic carbocycles. The van der Waals surface area contributed by atoms with E-state index in [0.29, 0.717) is 11.0 Å². The molecule has 0 spiro atoms. The lowest BCUT2D eigenvalue weighted by molar-refractivity contribution is 0.0337. The summed E-state index contributed by atoms with van der Waals surface area (Å²) in [7, 11) is 0. The maximum atomic E-state index is 9.65. The SMILES string of the molecule is CC(SCC1OCC(O)C1O)c1ccccc1. The number of hydrogen-bond acceptors (Lipinski definition) is 4. The Hall–Kier alpha value is -0.550. The van der Waals surface area contributed by atoms with E-state index in [4.69, 9.17) is 4.74 Å². The first-order valence-corrected chi connectivity index (χ1v) is 6.87. The van der Waals surface area contributed by atoms with Gasteiger partial charge in [-0.25, -0.2) is 0 Å². The standard InChI is InChI=1S/C13H18O3S/c1-9(10-5-3-2-4-6-10)17-8-12-13(15)11(14)7-16-12/h2-6,9,11-15H,7-8H2,1H3. The van der Waals surface area contributed by atoms with Crippen LogP contribution in [0.1, 0.15) is 17.7 Å². The van der Waals surface area contributed by atoms with Crippen LogP contribution < -0.4 is 0 Å². The first kappa shape index (κ1) is 12.9. The van der Waals surface area contributed by atoms with Crippen LogP contribution in [-0.4, -0.2) is 40.9 Å². The van der Waals surface area contributed by atoms with Crippen molar-refractivity contribution in [3.05, 3.63) is 35.9 Å². The summed E-state index contributed by atoms with van der Waals surface area (Å²) in [5.74, 6) is 0.703. The lowest BCUT2D eigenvalue weighted by Crippen LogP contribution is -2.31. The Labute approximate surface area is 106 Å². The van der Waals surface area contributed by atoms with Crippen molar-refractivity contribution in [2.45, 2.75) is 30.5 Å². The average Bonchev–Trinajstić information content (AvgIpc) is 2.68. The molecule has 1 aromatic rings. The fourth-order valence-corrected chi connectivity index (χ4v) is 2.99. The Balaban J connectivity index is 1.83. The molecule has 1 heterocycles. The van der Waals surface area contributed by atoms with Crippen molar-refractivity contribution in [1.82, 2.24) is 0 Å². The van der Waals surface area contributed by atoms with E-state index in [2.05, 4.69) is 19.1 Å². The van der Waals surface area contributed by atoms with Gasteiger partial charge in [-0.1, -0.05) is 30.3 Å². The van der Waals surface area contributed by atoms with E-state index >= 15 is 0 Å². The summed E-state index contributed by atoms with van der Waals surface area (Å²) in [6, 6.07) is 10.2. The quantitative estimate of drug-likeness (QED) is 0.857. The van der Waals surface area contributed by atoms with Crippen LogP contribution in [0.2, 0.25) is 0 Å². The topological polar surface area (TPSA) is 49.7 Å². The summed E-state index contributed by atoms with van der Waals surface area (Å²) in [5, 5.41) is 19.4. The summed E-state index contributed by atoms with van der Waals surface area (Å²) in [4.78, 5) is 0. The summed E-state index contributed by atoms with van der Waals surface area (Å²) in [6.45, 7) is 2.38. The fourth-order valence-electron chi connectivity index (χ4n) is 1.87. The molecule has 4 unspecified atom stereocenters. The smallest absolute Gasteiger partial charge is 0.109 e. The predicted molar refractivity (Wildman–Crippen MR) is 69.1 cm³/mol. The van der Waals surface area contributed by atoms with Crippen LogP contribution >= 0.6 is 11.8 Å². The maximum absolute atomic E-state index is 9.65.